The number of nitriles is 1. The van der Waals surface area contributed by atoms with Crippen molar-refractivity contribution in [3.05, 3.63) is 5.56 Å². The van der Waals surface area contributed by atoms with Gasteiger partial charge in [-0.3, -0.25) is 0 Å². The highest BCUT2D eigenvalue weighted by atomic mass is 16.7. The van der Waals surface area contributed by atoms with Gasteiger partial charge in [-0.05, 0) is 83.1 Å². The van der Waals surface area contributed by atoms with Gasteiger partial charge in [0.2, 0.25) is 0 Å². The molecule has 2 heterocycles. The lowest BCUT2D eigenvalue weighted by molar-refractivity contribution is 0.00578. The minimum Gasteiger partial charge on any atom is -0.443 e. The molecule has 0 bridgehead atoms. The highest BCUT2D eigenvalue weighted by Gasteiger charge is 2.54. The largest absolute Gasteiger partial charge is 0.517 e. The van der Waals surface area contributed by atoms with Gasteiger partial charge in [0, 0.05) is 6.04 Å². The average molecular weight is 476 g/mol. The van der Waals surface area contributed by atoms with Crippen LogP contribution in [0.5, 0.6) is 0 Å². The first-order valence-corrected chi connectivity index (χ1v) is 11.3. The molecule has 1 saturated heterocycles. The number of carbonyl (C=O) groups excluding carboxylic acids is 2. The highest BCUT2D eigenvalue weighted by Crippen LogP contribution is 2.37. The molecule has 1 aliphatic heterocycles. The molecule has 1 aromatic heterocycles. The van der Waals surface area contributed by atoms with E-state index in [2.05, 4.69) is 11.2 Å². The van der Waals surface area contributed by atoms with Gasteiger partial charge in [-0.15, -0.1) is 0 Å². The molecule has 0 aliphatic carbocycles. The second kappa shape index (κ2) is 8.89. The molecule has 0 atom stereocenters. The molecule has 1 aliphatic rings. The van der Waals surface area contributed by atoms with E-state index in [1.807, 2.05) is 41.5 Å². The zero-order valence-electron chi connectivity index (χ0n) is 22.4. The third-order valence-electron chi connectivity index (χ3n) is 5.35. The SMILES string of the molecule is CC(C)n1nc(B2OC(C)(C)C(C)(C)O2)c(C#N)c1N(C(=O)OC(C)(C)C)C(=O)OC(C)(C)C. The van der Waals surface area contributed by atoms with E-state index in [1.165, 1.54) is 4.68 Å². The lowest BCUT2D eigenvalue weighted by atomic mass is 9.82. The second-order valence-corrected chi connectivity index (χ2v) is 11.6. The minimum absolute atomic E-state index is 0.0380. The van der Waals surface area contributed by atoms with Crippen LogP contribution in [0.4, 0.5) is 15.4 Å². The van der Waals surface area contributed by atoms with E-state index in [0.29, 0.717) is 0 Å². The summed E-state index contributed by atoms with van der Waals surface area (Å²) in [6.07, 6.45) is -1.97. The quantitative estimate of drug-likeness (QED) is 0.593. The first-order chi connectivity index (χ1) is 15.2. The molecule has 1 aromatic rings. The van der Waals surface area contributed by atoms with Crippen LogP contribution in [0.3, 0.4) is 0 Å². The summed E-state index contributed by atoms with van der Waals surface area (Å²) in [4.78, 5) is 27.2. The average Bonchev–Trinajstić information content (AvgIpc) is 3.06. The molecule has 10 nitrogen and oxygen atoms in total. The molecular weight excluding hydrogens is 439 g/mol. The molecule has 0 saturated carbocycles. The lowest BCUT2D eigenvalue weighted by Gasteiger charge is -2.32. The second-order valence-electron chi connectivity index (χ2n) is 11.6. The molecule has 1 fully saturated rings. The van der Waals surface area contributed by atoms with Gasteiger partial charge < -0.3 is 18.8 Å². The number of nitrogens with zero attached hydrogens (tertiary/aromatic N) is 4. The molecule has 0 unspecified atom stereocenters. The van der Waals surface area contributed by atoms with Crippen molar-refractivity contribution in [3.63, 3.8) is 0 Å². The fourth-order valence-electron chi connectivity index (χ4n) is 3.11. The topological polar surface area (TPSA) is 116 Å². The van der Waals surface area contributed by atoms with Gasteiger partial charge in [0.05, 0.1) is 11.2 Å². The molecule has 2 amide bonds. The number of hydrogen-bond donors (Lipinski definition) is 0. The Labute approximate surface area is 202 Å². The fraction of sp³-hybridized carbons (Fsp3) is 0.739. The van der Waals surface area contributed by atoms with Crippen molar-refractivity contribution >= 4 is 30.7 Å². The molecule has 0 spiro atoms. The van der Waals surface area contributed by atoms with Crippen molar-refractivity contribution in [1.29, 1.82) is 5.26 Å². The Bertz CT molecular complexity index is 951. The van der Waals surface area contributed by atoms with Gasteiger partial charge >= 0.3 is 19.3 Å². The van der Waals surface area contributed by atoms with E-state index < -0.39 is 41.7 Å². The maximum Gasteiger partial charge on any atom is 0.517 e. The maximum atomic E-state index is 13.3. The number of ether oxygens (including phenoxy) is 2. The van der Waals surface area contributed by atoms with Crippen LogP contribution in [-0.4, -0.2) is 51.5 Å². The van der Waals surface area contributed by atoms with Crippen LogP contribution < -0.4 is 10.5 Å². The number of amides is 2. The van der Waals surface area contributed by atoms with Gasteiger partial charge in [-0.25, -0.2) is 14.3 Å². The minimum atomic E-state index is -0.986. The van der Waals surface area contributed by atoms with Crippen LogP contribution in [0.1, 0.15) is 94.7 Å². The van der Waals surface area contributed by atoms with Crippen LogP contribution in [0.15, 0.2) is 0 Å². The van der Waals surface area contributed by atoms with E-state index in [4.69, 9.17) is 18.8 Å². The molecule has 0 N–H and O–H groups in total. The third kappa shape index (κ3) is 5.73. The smallest absolute Gasteiger partial charge is 0.443 e. The van der Waals surface area contributed by atoms with Gasteiger partial charge in [0.1, 0.15) is 28.4 Å². The van der Waals surface area contributed by atoms with Crippen molar-refractivity contribution in [2.45, 2.75) is 112 Å². The molecule has 0 aromatic carbocycles. The predicted molar refractivity (Wildman–Crippen MR) is 128 cm³/mol. The third-order valence-corrected chi connectivity index (χ3v) is 5.35. The number of carbonyl (C=O) groups is 2. The van der Waals surface area contributed by atoms with Crippen molar-refractivity contribution < 1.29 is 28.4 Å². The van der Waals surface area contributed by atoms with E-state index in [1.54, 1.807) is 41.5 Å². The summed E-state index contributed by atoms with van der Waals surface area (Å²) in [5.74, 6) is -0.0642. The van der Waals surface area contributed by atoms with E-state index in [-0.39, 0.29) is 23.0 Å². The summed E-state index contributed by atoms with van der Waals surface area (Å²) >= 11 is 0. The number of rotatable bonds is 3. The first kappa shape index (κ1) is 27.7. The lowest BCUT2D eigenvalue weighted by Crippen LogP contribution is -2.45. The number of anilines is 1. The zero-order chi connectivity index (χ0) is 26.4. The van der Waals surface area contributed by atoms with E-state index in [9.17, 15) is 14.9 Å². The predicted octanol–water partition coefficient (Wildman–Crippen LogP) is 4.31. The van der Waals surface area contributed by atoms with Crippen LogP contribution >= 0.6 is 0 Å². The standard InChI is InChI=1S/C23H37BN4O6/c1-14(2)28-17(27(18(29)31-20(3,4)5)19(30)32-21(6,7)8)15(13-25)16(26-28)24-33-22(9,10)23(11,12)34-24/h14H,1-12H3. The molecular formula is C23H37BN4O6. The van der Waals surface area contributed by atoms with Crippen LogP contribution in [0, 0.1) is 11.3 Å². The van der Waals surface area contributed by atoms with Crippen molar-refractivity contribution in [2.24, 2.45) is 0 Å². The number of hydrogen-bond acceptors (Lipinski definition) is 8. The molecule has 2 rings (SSSR count). The summed E-state index contributed by atoms with van der Waals surface area (Å²) in [7, 11) is -0.975. The van der Waals surface area contributed by atoms with Gasteiger partial charge in [-0.1, -0.05) is 0 Å². The molecule has 0 radical (unpaired) electrons. The summed E-state index contributed by atoms with van der Waals surface area (Å²) in [5, 5.41) is 14.7. The Hall–Kier alpha value is -2.58. The zero-order valence-corrected chi connectivity index (χ0v) is 22.4. The Morgan fingerprint density at radius 1 is 1.00 bits per heavy atom. The summed E-state index contributed by atoms with van der Waals surface area (Å²) in [6.45, 7) is 21.2. The Balaban J connectivity index is 2.74. The Morgan fingerprint density at radius 2 is 1.41 bits per heavy atom. The first-order valence-electron chi connectivity index (χ1n) is 11.3. The molecule has 188 valence electrons. The van der Waals surface area contributed by atoms with Gasteiger partial charge in [-0.2, -0.15) is 15.3 Å². The Morgan fingerprint density at radius 3 is 1.74 bits per heavy atom. The molecule has 11 heteroatoms. The summed E-state index contributed by atoms with van der Waals surface area (Å²) < 4.78 is 24.6. The van der Waals surface area contributed by atoms with Crippen LogP contribution in [-0.2, 0) is 18.8 Å². The monoisotopic (exact) mass is 476 g/mol. The van der Waals surface area contributed by atoms with Crippen LogP contribution in [0.25, 0.3) is 0 Å². The normalized spacial score (nSPS) is 17.5. The highest BCUT2D eigenvalue weighted by molar-refractivity contribution is 6.62. The van der Waals surface area contributed by atoms with Crippen molar-refractivity contribution in [3.8, 4) is 6.07 Å². The Kier molecular flexibility index (Phi) is 7.24. The van der Waals surface area contributed by atoms with Gasteiger partial charge in [0.15, 0.2) is 5.82 Å². The summed E-state index contributed by atoms with van der Waals surface area (Å²) in [6, 6.07) is 1.76. The van der Waals surface area contributed by atoms with E-state index >= 15 is 0 Å². The van der Waals surface area contributed by atoms with Crippen molar-refractivity contribution in [2.75, 3.05) is 4.90 Å². The van der Waals surface area contributed by atoms with Gasteiger partial charge in [0.25, 0.3) is 0 Å². The van der Waals surface area contributed by atoms with Crippen LogP contribution in [0.2, 0.25) is 0 Å². The molecule has 34 heavy (non-hydrogen) atoms. The number of imide groups is 1. The van der Waals surface area contributed by atoms with E-state index in [0.717, 1.165) is 4.90 Å². The maximum absolute atomic E-state index is 13.3. The fourth-order valence-corrected chi connectivity index (χ4v) is 3.11. The summed E-state index contributed by atoms with van der Waals surface area (Å²) in [5.41, 5.74) is -3.03. The number of aromatic nitrogens is 2. The van der Waals surface area contributed by atoms with Crippen molar-refractivity contribution in [1.82, 2.24) is 9.78 Å².